The third kappa shape index (κ3) is 8.03. The van der Waals surface area contributed by atoms with Gasteiger partial charge in [-0.05, 0) is 43.4 Å². The van der Waals surface area contributed by atoms with Gasteiger partial charge in [-0.1, -0.05) is 80.9 Å². The van der Waals surface area contributed by atoms with Crippen molar-refractivity contribution in [2.45, 2.75) is 64.3 Å². The Balaban J connectivity index is 0.00000129. The number of thioether (sulfide) groups is 1. The summed E-state index contributed by atoms with van der Waals surface area (Å²) in [6.07, 6.45) is 11.6. The second-order valence-corrected chi connectivity index (χ2v) is 9.64. The summed E-state index contributed by atoms with van der Waals surface area (Å²) in [5.41, 5.74) is 15.0. The number of aryl methyl sites for hydroxylation is 1. The highest BCUT2D eigenvalue weighted by Crippen LogP contribution is 2.37. The van der Waals surface area contributed by atoms with Crippen LogP contribution < -0.4 is 17.3 Å². The molecule has 6 nitrogen and oxygen atoms in total. The lowest BCUT2D eigenvalue weighted by molar-refractivity contribution is -0.132. The second kappa shape index (κ2) is 14.0. The molecule has 34 heavy (non-hydrogen) atoms. The number of carbonyl (C=O) groups is 1. The molecule has 1 amide bonds. The molecule has 1 aromatic carbocycles. The van der Waals surface area contributed by atoms with E-state index in [1.165, 1.54) is 26.8 Å². The molecule has 0 saturated carbocycles. The number of rotatable bonds is 8. The Hall–Kier alpha value is -2.58. The van der Waals surface area contributed by atoms with E-state index in [9.17, 15) is 4.79 Å². The van der Waals surface area contributed by atoms with E-state index in [0.717, 1.165) is 31.3 Å². The maximum absolute atomic E-state index is 13.1. The zero-order valence-corrected chi connectivity index (χ0v) is 21.8. The van der Waals surface area contributed by atoms with Gasteiger partial charge in [-0.3, -0.25) is 4.79 Å². The van der Waals surface area contributed by atoms with Crippen LogP contribution in [0.4, 0.5) is 0 Å². The summed E-state index contributed by atoms with van der Waals surface area (Å²) in [5.74, 6) is 6.09. The van der Waals surface area contributed by atoms with E-state index < -0.39 is 0 Å². The molecule has 1 radical (unpaired) electrons. The number of nitrogens with zero attached hydrogens (tertiary/aromatic N) is 2. The number of hydrogen-bond donors (Lipinski definition) is 3. The zero-order chi connectivity index (χ0) is 25.1. The van der Waals surface area contributed by atoms with Crippen molar-refractivity contribution in [1.29, 1.82) is 0 Å². The van der Waals surface area contributed by atoms with Crippen molar-refractivity contribution >= 4 is 24.9 Å². The summed E-state index contributed by atoms with van der Waals surface area (Å²) >= 11 is 1.77. The molecule has 0 spiro atoms. The highest BCUT2D eigenvalue weighted by Gasteiger charge is 2.32. The first kappa shape index (κ1) is 27.7. The van der Waals surface area contributed by atoms with Crippen LogP contribution in [0.2, 0.25) is 0 Å². The first-order valence-corrected chi connectivity index (χ1v) is 12.9. The van der Waals surface area contributed by atoms with Gasteiger partial charge in [0.15, 0.2) is 0 Å². The monoisotopic (exact) mass is 480 g/mol. The van der Waals surface area contributed by atoms with Gasteiger partial charge in [-0.25, -0.2) is 5.84 Å². The fraction of sp³-hybridized carbons (Fsp3) is 0.423. The third-order valence-corrected chi connectivity index (χ3v) is 6.71. The topological polar surface area (TPSA) is 102 Å². The SMILES string of the molecule is CC/C=C(/Sc1ccccc1C)C1CCCN1C(=O)CN(N)/C=C(\N)C1=CC=C(N)[B]1.CCC. The van der Waals surface area contributed by atoms with Gasteiger partial charge in [0.2, 0.25) is 13.2 Å². The number of likely N-dealkylation sites (tertiary alicyclic amines) is 1. The predicted molar refractivity (Wildman–Crippen MR) is 145 cm³/mol. The van der Waals surface area contributed by atoms with Crippen LogP contribution in [0.3, 0.4) is 0 Å². The van der Waals surface area contributed by atoms with E-state index in [4.69, 9.17) is 17.3 Å². The van der Waals surface area contributed by atoms with Crippen molar-refractivity contribution in [3.63, 3.8) is 0 Å². The minimum atomic E-state index is 0.00320. The number of allylic oxidation sites excluding steroid dienone is 4. The van der Waals surface area contributed by atoms with Crippen molar-refractivity contribution in [3.05, 3.63) is 75.9 Å². The van der Waals surface area contributed by atoms with Gasteiger partial charge in [-0.2, -0.15) is 0 Å². The molecule has 2 heterocycles. The minimum absolute atomic E-state index is 0.00320. The summed E-state index contributed by atoms with van der Waals surface area (Å²) < 4.78 is 0. The van der Waals surface area contributed by atoms with E-state index in [0.29, 0.717) is 11.3 Å². The lowest BCUT2D eigenvalue weighted by Crippen LogP contribution is -2.44. The number of nitrogens with two attached hydrogens (primary N) is 3. The quantitative estimate of drug-likeness (QED) is 0.224. The van der Waals surface area contributed by atoms with E-state index in [2.05, 4.69) is 52.0 Å². The van der Waals surface area contributed by atoms with E-state index in [1.54, 1.807) is 31.3 Å². The number of hydrazine groups is 1. The molecule has 2 aliphatic heterocycles. The Kier molecular flexibility index (Phi) is 11.4. The molecule has 1 atom stereocenters. The van der Waals surface area contributed by atoms with Crippen LogP contribution in [0, 0.1) is 6.92 Å². The molecular weight excluding hydrogens is 441 g/mol. The number of carbonyl (C=O) groups excluding carboxylic acids is 1. The lowest BCUT2D eigenvalue weighted by Gasteiger charge is -2.28. The van der Waals surface area contributed by atoms with Gasteiger partial charge in [-0.15, -0.1) is 0 Å². The Morgan fingerprint density at radius 1 is 1.26 bits per heavy atom. The van der Waals surface area contributed by atoms with Crippen molar-refractivity contribution < 1.29 is 4.79 Å². The average molecular weight is 481 g/mol. The highest BCUT2D eigenvalue weighted by molar-refractivity contribution is 8.03. The number of hydrogen-bond acceptors (Lipinski definition) is 6. The second-order valence-electron chi connectivity index (χ2n) is 8.52. The molecule has 1 fully saturated rings. The van der Waals surface area contributed by atoms with Crippen molar-refractivity contribution in [1.82, 2.24) is 9.91 Å². The van der Waals surface area contributed by atoms with Crippen LogP contribution in [-0.2, 0) is 4.79 Å². The maximum atomic E-state index is 13.1. The fourth-order valence-corrected chi connectivity index (χ4v) is 5.05. The summed E-state index contributed by atoms with van der Waals surface area (Å²) in [5, 5.41) is 1.36. The average Bonchev–Trinajstić information content (AvgIpc) is 3.45. The standard InChI is InChI=1S/C23H31BN5OS.C3H8/c1-3-7-21(31-20-10-5-4-8-16(20)2)19-9-6-13-29(19)23(30)15-28(27)14-18(25)17-11-12-22(26)24-17;1-3-2/h4-5,7-8,10-12,14,19H,3,6,9,13,15,25-27H2,1-2H3;3H2,1-2H3/b18-14-,21-7+;. The molecule has 0 bridgehead atoms. The van der Waals surface area contributed by atoms with Gasteiger partial charge < -0.3 is 21.4 Å². The zero-order valence-electron chi connectivity index (χ0n) is 21.0. The predicted octanol–water partition coefficient (Wildman–Crippen LogP) is 4.17. The highest BCUT2D eigenvalue weighted by atomic mass is 32.2. The largest absolute Gasteiger partial charge is 0.410 e. The van der Waals surface area contributed by atoms with Crippen LogP contribution in [0.25, 0.3) is 0 Å². The summed E-state index contributed by atoms with van der Waals surface area (Å²) in [6, 6.07) is 8.44. The van der Waals surface area contributed by atoms with E-state index in [1.807, 2.05) is 17.0 Å². The molecule has 8 heteroatoms. The summed E-state index contributed by atoms with van der Waals surface area (Å²) in [7, 11) is 1.78. The summed E-state index contributed by atoms with van der Waals surface area (Å²) in [4.78, 5) is 17.5. The van der Waals surface area contributed by atoms with Crippen LogP contribution in [0.5, 0.6) is 0 Å². The van der Waals surface area contributed by atoms with Crippen LogP contribution in [0.15, 0.2) is 75.3 Å². The molecule has 0 aromatic heterocycles. The molecule has 183 valence electrons. The molecule has 6 N–H and O–H groups in total. The smallest absolute Gasteiger partial charge is 0.244 e. The van der Waals surface area contributed by atoms with Gasteiger partial charge in [0.25, 0.3) is 0 Å². The first-order valence-electron chi connectivity index (χ1n) is 12.0. The maximum Gasteiger partial charge on any atom is 0.244 e. The Bertz CT molecular complexity index is 956. The van der Waals surface area contributed by atoms with E-state index in [-0.39, 0.29) is 18.5 Å². The Morgan fingerprint density at radius 2 is 1.97 bits per heavy atom. The normalized spacial score (nSPS) is 18.0. The van der Waals surface area contributed by atoms with Crippen LogP contribution >= 0.6 is 11.8 Å². The third-order valence-electron chi connectivity index (χ3n) is 5.36. The van der Waals surface area contributed by atoms with Crippen LogP contribution in [0.1, 0.15) is 52.0 Å². The van der Waals surface area contributed by atoms with Crippen LogP contribution in [-0.4, -0.2) is 42.2 Å². The molecule has 1 saturated heterocycles. The van der Waals surface area contributed by atoms with Crippen molar-refractivity contribution in [2.75, 3.05) is 13.1 Å². The Morgan fingerprint density at radius 3 is 2.59 bits per heavy atom. The molecule has 3 rings (SSSR count). The first-order chi connectivity index (χ1) is 16.3. The molecular formula is C26H39BN5OS. The van der Waals surface area contributed by atoms with Crippen molar-refractivity contribution in [3.8, 4) is 0 Å². The van der Waals surface area contributed by atoms with Gasteiger partial charge in [0, 0.05) is 28.2 Å². The van der Waals surface area contributed by atoms with E-state index >= 15 is 0 Å². The number of amides is 1. The molecule has 0 aliphatic carbocycles. The van der Waals surface area contributed by atoms with Gasteiger partial charge >= 0.3 is 0 Å². The molecule has 2 aliphatic rings. The molecule has 1 aromatic rings. The summed E-state index contributed by atoms with van der Waals surface area (Å²) in [6.45, 7) is 9.31. The van der Waals surface area contributed by atoms with Gasteiger partial charge in [0.05, 0.1) is 6.04 Å². The van der Waals surface area contributed by atoms with Gasteiger partial charge in [0.1, 0.15) is 6.54 Å². The Labute approximate surface area is 210 Å². The minimum Gasteiger partial charge on any atom is -0.410 e. The lowest BCUT2D eigenvalue weighted by atomic mass is 9.69. The molecule has 1 unspecified atom stereocenters. The number of benzene rings is 1. The van der Waals surface area contributed by atoms with Crippen molar-refractivity contribution in [2.24, 2.45) is 17.3 Å². The fourth-order valence-electron chi connectivity index (χ4n) is 3.79.